The Morgan fingerprint density at radius 3 is 2.37 bits per heavy atom. The van der Waals surface area contributed by atoms with E-state index in [-0.39, 0.29) is 11.7 Å². The molecule has 0 aromatic heterocycles. The molecular formula is C30H45ClN2O2. The van der Waals surface area contributed by atoms with Gasteiger partial charge in [-0.15, -0.1) is 0 Å². The normalized spacial score (nSPS) is 15.1. The molecule has 0 spiro atoms. The molecule has 35 heavy (non-hydrogen) atoms. The molecule has 1 unspecified atom stereocenters. The van der Waals surface area contributed by atoms with Gasteiger partial charge >= 0.3 is 0 Å². The van der Waals surface area contributed by atoms with Gasteiger partial charge in [-0.2, -0.15) is 0 Å². The van der Waals surface area contributed by atoms with Crippen molar-refractivity contribution < 1.29 is 9.59 Å². The minimum Gasteiger partial charge on any atom is -0.340 e. The molecule has 194 valence electrons. The van der Waals surface area contributed by atoms with E-state index >= 15 is 0 Å². The number of piperazine rings is 1. The van der Waals surface area contributed by atoms with Crippen molar-refractivity contribution in [2.45, 2.75) is 79.6 Å². The van der Waals surface area contributed by atoms with Crippen molar-refractivity contribution in [2.75, 3.05) is 19.6 Å². The molecule has 1 aromatic rings. The van der Waals surface area contributed by atoms with Crippen molar-refractivity contribution in [3.8, 4) is 0 Å². The number of halogens is 1. The molecule has 0 radical (unpaired) electrons. The lowest BCUT2D eigenvalue weighted by molar-refractivity contribution is -0.126. The molecule has 0 saturated carbocycles. The summed E-state index contributed by atoms with van der Waals surface area (Å²) in [6.07, 6.45) is 13.4. The van der Waals surface area contributed by atoms with Crippen molar-refractivity contribution in [1.29, 1.82) is 0 Å². The standard InChI is InChI=1S/C22H36N2O2.C8H9Cl/c1-6-8-10-11-18(3)13-14-22(26)23-15-16-24(19(4)17-23)21(20(5)25)12-9-7-2;1-2-7-5-3-4-6-8(7)9/h12-14,18H,4,6-11,15-17H2,1-3,5H3;3-6H,2H2,1H3/b14-13+,21-12-;. The Labute approximate surface area is 218 Å². The van der Waals surface area contributed by atoms with E-state index in [1.807, 2.05) is 46.2 Å². The lowest BCUT2D eigenvalue weighted by atomic mass is 10.0. The van der Waals surface area contributed by atoms with Crippen LogP contribution in [0.15, 0.2) is 60.5 Å². The summed E-state index contributed by atoms with van der Waals surface area (Å²) in [6, 6.07) is 7.91. The molecule has 0 aliphatic carbocycles. The van der Waals surface area contributed by atoms with Gasteiger partial charge in [0, 0.05) is 30.7 Å². The summed E-state index contributed by atoms with van der Waals surface area (Å²) in [5.74, 6) is 0.520. The van der Waals surface area contributed by atoms with Crippen LogP contribution in [-0.2, 0) is 16.0 Å². The first-order valence-electron chi connectivity index (χ1n) is 13.1. The molecule has 0 bridgehead atoms. The van der Waals surface area contributed by atoms with Crippen LogP contribution in [0.1, 0.15) is 78.7 Å². The third-order valence-electron chi connectivity index (χ3n) is 6.11. The van der Waals surface area contributed by atoms with Gasteiger partial charge in [-0.25, -0.2) is 0 Å². The summed E-state index contributed by atoms with van der Waals surface area (Å²) in [4.78, 5) is 28.2. The van der Waals surface area contributed by atoms with Crippen LogP contribution in [0.3, 0.4) is 0 Å². The zero-order valence-corrected chi connectivity index (χ0v) is 23.2. The summed E-state index contributed by atoms with van der Waals surface area (Å²) in [5, 5.41) is 0.875. The SMILES string of the molecule is C=C1CN(C(=O)/C=C/C(C)CCCCC)CCN1/C(=C\CCC)C(C)=O.CCc1ccccc1Cl. The van der Waals surface area contributed by atoms with E-state index in [1.54, 1.807) is 13.0 Å². The van der Waals surface area contributed by atoms with Gasteiger partial charge < -0.3 is 9.80 Å². The minimum absolute atomic E-state index is 0.0371. The molecule has 1 aliphatic rings. The van der Waals surface area contributed by atoms with Gasteiger partial charge in [-0.1, -0.05) is 102 Å². The Morgan fingerprint density at radius 1 is 1.11 bits per heavy atom. The number of hydrogen-bond donors (Lipinski definition) is 0. The average molecular weight is 501 g/mol. The Morgan fingerprint density at radius 2 is 1.83 bits per heavy atom. The van der Waals surface area contributed by atoms with Crippen molar-refractivity contribution in [3.63, 3.8) is 0 Å². The van der Waals surface area contributed by atoms with Crippen LogP contribution in [0, 0.1) is 5.92 Å². The highest BCUT2D eigenvalue weighted by molar-refractivity contribution is 6.31. The maximum atomic E-state index is 12.5. The maximum Gasteiger partial charge on any atom is 0.246 e. The Hall–Kier alpha value is -2.33. The Balaban J connectivity index is 0.000000566. The van der Waals surface area contributed by atoms with E-state index in [1.165, 1.54) is 24.8 Å². The number of allylic oxidation sites excluding steroid dienone is 3. The van der Waals surface area contributed by atoms with Crippen LogP contribution in [-0.4, -0.2) is 41.1 Å². The van der Waals surface area contributed by atoms with Crippen LogP contribution < -0.4 is 0 Å². The molecule has 1 aliphatic heterocycles. The van der Waals surface area contributed by atoms with Gasteiger partial charge in [0.15, 0.2) is 5.78 Å². The third kappa shape index (κ3) is 11.3. The topological polar surface area (TPSA) is 40.6 Å². The number of aryl methyl sites for hydroxylation is 1. The summed E-state index contributed by atoms with van der Waals surface area (Å²) in [5.41, 5.74) is 2.75. The van der Waals surface area contributed by atoms with Gasteiger partial charge in [0.25, 0.3) is 0 Å². The highest BCUT2D eigenvalue weighted by Crippen LogP contribution is 2.20. The van der Waals surface area contributed by atoms with E-state index in [2.05, 4.69) is 34.3 Å². The van der Waals surface area contributed by atoms with Crippen molar-refractivity contribution in [2.24, 2.45) is 5.92 Å². The predicted octanol–water partition coefficient (Wildman–Crippen LogP) is 7.59. The number of amides is 1. The molecular weight excluding hydrogens is 456 g/mol. The number of carbonyl (C=O) groups is 2. The van der Waals surface area contributed by atoms with E-state index in [0.29, 0.717) is 31.2 Å². The number of nitrogens with zero attached hydrogens (tertiary/aromatic N) is 2. The second-order valence-electron chi connectivity index (χ2n) is 9.19. The van der Waals surface area contributed by atoms with Gasteiger partial charge in [0.2, 0.25) is 5.91 Å². The fourth-order valence-corrected chi connectivity index (χ4v) is 4.19. The highest BCUT2D eigenvalue weighted by Gasteiger charge is 2.25. The maximum absolute atomic E-state index is 12.5. The van der Waals surface area contributed by atoms with E-state index in [4.69, 9.17) is 11.6 Å². The van der Waals surface area contributed by atoms with Gasteiger partial charge in [0.05, 0.1) is 12.2 Å². The highest BCUT2D eigenvalue weighted by atomic mass is 35.5. The number of unbranched alkanes of at least 4 members (excludes halogenated alkanes) is 3. The van der Waals surface area contributed by atoms with Crippen LogP contribution in [0.5, 0.6) is 0 Å². The van der Waals surface area contributed by atoms with Crippen molar-refractivity contribution in [3.05, 3.63) is 71.1 Å². The van der Waals surface area contributed by atoms with E-state index in [0.717, 1.165) is 36.4 Å². The molecule has 0 N–H and O–H groups in total. The zero-order valence-electron chi connectivity index (χ0n) is 22.5. The smallest absolute Gasteiger partial charge is 0.246 e. The first kappa shape index (κ1) is 30.7. The van der Waals surface area contributed by atoms with Gasteiger partial charge in [0.1, 0.15) is 0 Å². The fraction of sp³-hybridized carbons (Fsp3) is 0.533. The summed E-state index contributed by atoms with van der Waals surface area (Å²) in [6.45, 7) is 16.0. The van der Waals surface area contributed by atoms with Gasteiger partial charge in [-0.3, -0.25) is 9.59 Å². The second-order valence-corrected chi connectivity index (χ2v) is 9.60. The van der Waals surface area contributed by atoms with Gasteiger partial charge in [-0.05, 0) is 42.9 Å². The lowest BCUT2D eigenvalue weighted by Gasteiger charge is -2.38. The number of benzene rings is 1. The predicted molar refractivity (Wildman–Crippen MR) is 149 cm³/mol. The van der Waals surface area contributed by atoms with Crippen LogP contribution >= 0.6 is 11.6 Å². The number of ketones is 1. The van der Waals surface area contributed by atoms with Crippen molar-refractivity contribution >= 4 is 23.3 Å². The first-order chi connectivity index (χ1) is 16.7. The average Bonchev–Trinajstić information content (AvgIpc) is 2.84. The Bertz CT molecular complexity index is 875. The van der Waals surface area contributed by atoms with Crippen LogP contribution in [0.2, 0.25) is 5.02 Å². The van der Waals surface area contributed by atoms with Crippen LogP contribution in [0.4, 0.5) is 0 Å². The van der Waals surface area contributed by atoms with Crippen LogP contribution in [0.25, 0.3) is 0 Å². The zero-order chi connectivity index (χ0) is 26.2. The quantitative estimate of drug-likeness (QED) is 0.232. The molecule has 1 heterocycles. The largest absolute Gasteiger partial charge is 0.340 e. The molecule has 4 nitrogen and oxygen atoms in total. The summed E-state index contributed by atoms with van der Waals surface area (Å²) in [7, 11) is 0. The monoisotopic (exact) mass is 500 g/mol. The molecule has 2 rings (SSSR count). The molecule has 1 atom stereocenters. The summed E-state index contributed by atoms with van der Waals surface area (Å²) < 4.78 is 0. The molecule has 1 fully saturated rings. The third-order valence-corrected chi connectivity index (χ3v) is 6.48. The molecule has 1 amide bonds. The minimum atomic E-state index is 0.0371. The fourth-order valence-electron chi connectivity index (χ4n) is 3.92. The Kier molecular flexibility index (Phi) is 15.0. The molecule has 1 aromatic carbocycles. The number of rotatable bonds is 11. The number of carbonyl (C=O) groups excluding carboxylic acids is 2. The second kappa shape index (κ2) is 17.2. The lowest BCUT2D eigenvalue weighted by Crippen LogP contribution is -2.46. The molecule has 1 saturated heterocycles. The number of Topliss-reactive ketones (excluding diaryl/α,β-unsaturated/α-hetero) is 1. The van der Waals surface area contributed by atoms with Crippen molar-refractivity contribution in [1.82, 2.24) is 9.80 Å². The van der Waals surface area contributed by atoms with E-state index in [9.17, 15) is 9.59 Å². The number of hydrogen-bond acceptors (Lipinski definition) is 3. The molecule has 5 heteroatoms. The first-order valence-corrected chi connectivity index (χ1v) is 13.5. The van der Waals surface area contributed by atoms with E-state index < -0.39 is 0 Å². The summed E-state index contributed by atoms with van der Waals surface area (Å²) >= 11 is 5.82.